The SMILES string of the molecule is O=C(Cc1noc2ccccc12)N1CCC(N2C(=O)CSC2=O)C1. The Hall–Kier alpha value is -2.35. The zero-order valence-electron chi connectivity index (χ0n) is 12.8. The van der Waals surface area contributed by atoms with Gasteiger partial charge in [0.2, 0.25) is 11.8 Å². The van der Waals surface area contributed by atoms with Gasteiger partial charge in [-0.15, -0.1) is 0 Å². The molecule has 8 heteroatoms. The average Bonchev–Trinajstić information content (AvgIpc) is 3.28. The third-order valence-electron chi connectivity index (χ3n) is 4.44. The van der Waals surface area contributed by atoms with Gasteiger partial charge in [0.15, 0.2) is 5.58 Å². The Morgan fingerprint density at radius 2 is 2.17 bits per heavy atom. The predicted octanol–water partition coefficient (Wildman–Crippen LogP) is 1.67. The van der Waals surface area contributed by atoms with Gasteiger partial charge in [0.05, 0.1) is 18.2 Å². The molecule has 2 aromatic rings. The van der Waals surface area contributed by atoms with Crippen molar-refractivity contribution in [2.75, 3.05) is 18.8 Å². The number of hydrogen-bond donors (Lipinski definition) is 0. The van der Waals surface area contributed by atoms with Crippen molar-refractivity contribution >= 4 is 39.8 Å². The van der Waals surface area contributed by atoms with Crippen LogP contribution in [0.5, 0.6) is 0 Å². The molecule has 24 heavy (non-hydrogen) atoms. The Morgan fingerprint density at radius 3 is 2.96 bits per heavy atom. The second-order valence-corrected chi connectivity index (χ2v) is 6.83. The molecule has 124 valence electrons. The Bertz CT molecular complexity index is 818. The normalized spacial score (nSPS) is 21.2. The van der Waals surface area contributed by atoms with Gasteiger partial charge in [-0.05, 0) is 18.6 Å². The van der Waals surface area contributed by atoms with E-state index in [1.165, 1.54) is 4.90 Å². The van der Waals surface area contributed by atoms with Gasteiger partial charge in [0, 0.05) is 18.5 Å². The van der Waals surface area contributed by atoms with E-state index in [4.69, 9.17) is 4.52 Å². The highest BCUT2D eigenvalue weighted by Gasteiger charge is 2.40. The summed E-state index contributed by atoms with van der Waals surface area (Å²) >= 11 is 1.03. The Labute approximate surface area is 141 Å². The maximum atomic E-state index is 12.5. The van der Waals surface area contributed by atoms with Crippen molar-refractivity contribution in [3.8, 4) is 0 Å². The number of rotatable bonds is 3. The molecule has 2 saturated heterocycles. The van der Waals surface area contributed by atoms with Crippen LogP contribution in [0.1, 0.15) is 12.1 Å². The predicted molar refractivity (Wildman–Crippen MR) is 87.4 cm³/mol. The number of nitrogens with zero attached hydrogens (tertiary/aromatic N) is 3. The molecule has 0 aliphatic carbocycles. The zero-order chi connectivity index (χ0) is 16.7. The van der Waals surface area contributed by atoms with E-state index in [1.807, 2.05) is 24.3 Å². The van der Waals surface area contributed by atoms with E-state index in [9.17, 15) is 14.4 Å². The minimum atomic E-state index is -0.210. The number of aromatic nitrogens is 1. The first kappa shape index (κ1) is 15.2. The molecule has 1 aromatic carbocycles. The highest BCUT2D eigenvalue weighted by atomic mass is 32.2. The lowest BCUT2D eigenvalue weighted by Gasteiger charge is -2.21. The summed E-state index contributed by atoms with van der Waals surface area (Å²) < 4.78 is 5.22. The topological polar surface area (TPSA) is 83.7 Å². The number of carbonyl (C=O) groups is 3. The lowest BCUT2D eigenvalue weighted by molar-refractivity contribution is -0.131. The number of amides is 3. The monoisotopic (exact) mass is 345 g/mol. The molecule has 2 aliphatic rings. The second-order valence-electron chi connectivity index (χ2n) is 5.90. The van der Waals surface area contributed by atoms with Crippen molar-refractivity contribution in [1.29, 1.82) is 0 Å². The van der Waals surface area contributed by atoms with Crippen LogP contribution in [0, 0.1) is 0 Å². The van der Waals surface area contributed by atoms with Crippen LogP contribution in [0.25, 0.3) is 11.0 Å². The van der Waals surface area contributed by atoms with Gasteiger partial charge in [-0.25, -0.2) is 0 Å². The van der Waals surface area contributed by atoms with Crippen LogP contribution in [-0.2, 0) is 16.0 Å². The van der Waals surface area contributed by atoms with Crippen LogP contribution in [0.15, 0.2) is 28.8 Å². The number of carbonyl (C=O) groups excluding carboxylic acids is 3. The van der Waals surface area contributed by atoms with Gasteiger partial charge >= 0.3 is 0 Å². The molecule has 3 heterocycles. The van der Waals surface area contributed by atoms with Crippen molar-refractivity contribution in [3.63, 3.8) is 0 Å². The van der Waals surface area contributed by atoms with Crippen molar-refractivity contribution in [2.45, 2.75) is 18.9 Å². The van der Waals surface area contributed by atoms with E-state index in [0.29, 0.717) is 30.8 Å². The van der Waals surface area contributed by atoms with E-state index in [2.05, 4.69) is 5.16 Å². The van der Waals surface area contributed by atoms with Gasteiger partial charge in [-0.3, -0.25) is 19.3 Å². The van der Waals surface area contributed by atoms with Crippen LogP contribution < -0.4 is 0 Å². The van der Waals surface area contributed by atoms with E-state index in [0.717, 1.165) is 17.1 Å². The summed E-state index contributed by atoms with van der Waals surface area (Å²) in [5.41, 5.74) is 1.27. The summed E-state index contributed by atoms with van der Waals surface area (Å²) in [7, 11) is 0. The second kappa shape index (κ2) is 5.94. The van der Waals surface area contributed by atoms with Gasteiger partial charge in [-0.1, -0.05) is 29.1 Å². The summed E-state index contributed by atoms with van der Waals surface area (Å²) in [6, 6.07) is 7.20. The molecule has 4 rings (SSSR count). The maximum Gasteiger partial charge on any atom is 0.289 e. The lowest BCUT2D eigenvalue weighted by atomic mass is 10.1. The van der Waals surface area contributed by atoms with Gasteiger partial charge < -0.3 is 9.42 Å². The lowest BCUT2D eigenvalue weighted by Crippen LogP contribution is -2.41. The molecule has 1 atom stereocenters. The smallest absolute Gasteiger partial charge is 0.289 e. The van der Waals surface area contributed by atoms with E-state index in [1.54, 1.807) is 4.90 Å². The van der Waals surface area contributed by atoms with Gasteiger partial charge in [0.1, 0.15) is 5.69 Å². The summed E-state index contributed by atoms with van der Waals surface area (Å²) in [6.45, 7) is 0.938. The van der Waals surface area contributed by atoms with E-state index in [-0.39, 0.29) is 35.3 Å². The highest BCUT2D eigenvalue weighted by molar-refractivity contribution is 8.14. The van der Waals surface area contributed by atoms with Crippen molar-refractivity contribution in [3.05, 3.63) is 30.0 Å². The molecular weight excluding hydrogens is 330 g/mol. The molecule has 1 unspecified atom stereocenters. The van der Waals surface area contributed by atoms with E-state index >= 15 is 0 Å². The Kier molecular flexibility index (Phi) is 3.76. The third kappa shape index (κ3) is 2.56. The van der Waals surface area contributed by atoms with E-state index < -0.39 is 0 Å². The van der Waals surface area contributed by atoms with Crippen LogP contribution in [0.3, 0.4) is 0 Å². The number of fused-ring (bicyclic) bond motifs is 1. The summed E-state index contributed by atoms with van der Waals surface area (Å²) in [5, 5.41) is 4.61. The number of para-hydroxylation sites is 1. The number of benzene rings is 1. The number of thioether (sulfide) groups is 1. The number of likely N-dealkylation sites (tertiary alicyclic amines) is 1. The van der Waals surface area contributed by atoms with Crippen molar-refractivity contribution < 1.29 is 18.9 Å². The molecule has 0 spiro atoms. The number of hydrogen-bond acceptors (Lipinski definition) is 6. The Balaban J connectivity index is 1.44. The molecule has 3 amide bonds. The summed E-state index contributed by atoms with van der Waals surface area (Å²) in [5.74, 6) is -0.0242. The quantitative estimate of drug-likeness (QED) is 0.841. The molecule has 2 aliphatic heterocycles. The minimum Gasteiger partial charge on any atom is -0.356 e. The summed E-state index contributed by atoms with van der Waals surface area (Å²) in [4.78, 5) is 39.1. The highest BCUT2D eigenvalue weighted by Crippen LogP contribution is 2.27. The number of imide groups is 1. The first-order chi connectivity index (χ1) is 11.6. The van der Waals surface area contributed by atoms with Gasteiger partial charge in [-0.2, -0.15) is 0 Å². The van der Waals surface area contributed by atoms with Crippen LogP contribution in [0.2, 0.25) is 0 Å². The van der Waals surface area contributed by atoms with Crippen LogP contribution in [0.4, 0.5) is 4.79 Å². The zero-order valence-corrected chi connectivity index (χ0v) is 13.6. The van der Waals surface area contributed by atoms with Crippen LogP contribution >= 0.6 is 11.8 Å². The molecule has 1 aromatic heterocycles. The fraction of sp³-hybridized carbons (Fsp3) is 0.375. The first-order valence-electron chi connectivity index (χ1n) is 7.73. The van der Waals surface area contributed by atoms with Crippen molar-refractivity contribution in [2.24, 2.45) is 0 Å². The molecule has 2 fully saturated rings. The first-order valence-corrected chi connectivity index (χ1v) is 8.72. The largest absolute Gasteiger partial charge is 0.356 e. The molecule has 0 radical (unpaired) electrons. The summed E-state index contributed by atoms with van der Waals surface area (Å²) in [6.07, 6.45) is 0.781. The average molecular weight is 345 g/mol. The molecule has 7 nitrogen and oxygen atoms in total. The molecule has 0 bridgehead atoms. The standard InChI is InChI=1S/C16H15N3O4S/c20-14(7-12-11-3-1-2-4-13(11)23-17-12)18-6-5-10(8-18)19-15(21)9-24-16(19)22/h1-4,10H,5-9H2. The minimum absolute atomic E-state index is 0.0664. The van der Waals surface area contributed by atoms with Gasteiger partial charge in [0.25, 0.3) is 5.24 Å². The van der Waals surface area contributed by atoms with Crippen LogP contribution in [-0.4, -0.2) is 56.9 Å². The third-order valence-corrected chi connectivity index (χ3v) is 5.27. The van der Waals surface area contributed by atoms with Crippen molar-refractivity contribution in [1.82, 2.24) is 15.0 Å². The molecular formula is C16H15N3O4S. The Morgan fingerprint density at radius 1 is 1.33 bits per heavy atom. The molecule has 0 N–H and O–H groups in total. The fourth-order valence-electron chi connectivity index (χ4n) is 3.22. The maximum absolute atomic E-state index is 12.5. The molecule has 0 saturated carbocycles. The fourth-order valence-corrected chi connectivity index (χ4v) is 3.99.